The van der Waals surface area contributed by atoms with Crippen molar-refractivity contribution in [2.24, 2.45) is 5.92 Å². The number of aryl methyl sites for hydroxylation is 2. The highest BCUT2D eigenvalue weighted by Gasteiger charge is 2.27. The summed E-state index contributed by atoms with van der Waals surface area (Å²) in [6.07, 6.45) is 4.12. The minimum Gasteiger partial charge on any atom is -0.496 e. The number of hydrogen-bond donors (Lipinski definition) is 0. The largest absolute Gasteiger partial charge is 0.496 e. The minimum absolute atomic E-state index is 0.328. The molecule has 2 saturated heterocycles. The van der Waals surface area contributed by atoms with Crippen molar-refractivity contribution in [1.82, 2.24) is 14.8 Å². The molecule has 29 heavy (non-hydrogen) atoms. The van der Waals surface area contributed by atoms with Gasteiger partial charge in [-0.05, 0) is 69.3 Å². The molecule has 4 rings (SSSR count). The average Bonchev–Trinajstić information content (AvgIpc) is 3.28. The molecule has 2 aliphatic rings. The van der Waals surface area contributed by atoms with Crippen LogP contribution in [0.4, 0.5) is 0 Å². The van der Waals surface area contributed by atoms with E-state index in [-0.39, 0.29) is 0 Å². The second-order valence-electron chi connectivity index (χ2n) is 8.39. The molecule has 6 nitrogen and oxygen atoms in total. The average molecular weight is 398 g/mol. The molecule has 2 aromatic rings. The summed E-state index contributed by atoms with van der Waals surface area (Å²) in [6, 6.07) is 6.00. The molecule has 0 saturated carbocycles. The first kappa shape index (κ1) is 20.0. The van der Waals surface area contributed by atoms with E-state index in [0.717, 1.165) is 73.9 Å². The van der Waals surface area contributed by atoms with Gasteiger partial charge in [-0.15, -0.1) is 0 Å². The van der Waals surface area contributed by atoms with Crippen molar-refractivity contribution in [3.8, 4) is 17.2 Å². The normalized spacial score (nSPS) is 20.4. The van der Waals surface area contributed by atoms with Crippen LogP contribution in [0.5, 0.6) is 5.75 Å². The van der Waals surface area contributed by atoms with E-state index in [1.807, 2.05) is 26.0 Å². The first-order valence-corrected chi connectivity index (χ1v) is 10.6. The van der Waals surface area contributed by atoms with Crippen molar-refractivity contribution in [1.29, 1.82) is 0 Å². The lowest BCUT2D eigenvalue weighted by atomic mass is 9.97. The monoisotopic (exact) mass is 397 g/mol. The van der Waals surface area contributed by atoms with Crippen LogP contribution in [0.1, 0.15) is 42.7 Å². The molecular formula is C23H31N3O3. The maximum atomic E-state index is 11.9. The number of carbonyl (C=O) groups excluding carboxylic acids is 1. The fourth-order valence-corrected chi connectivity index (χ4v) is 4.57. The van der Waals surface area contributed by atoms with Gasteiger partial charge in [-0.3, -0.25) is 9.69 Å². The van der Waals surface area contributed by atoms with Crippen LogP contribution in [0, 0.1) is 19.8 Å². The van der Waals surface area contributed by atoms with Crippen molar-refractivity contribution in [2.45, 2.75) is 46.1 Å². The standard InChI is InChI=1S/C23H31N3O3/c1-16-12-19(8-9-21(16)28-3)23-24-20(17(2)29-23)15-25-10-4-6-18(13-25)14-26-11-5-7-22(26)27/h8-9,12,18H,4-7,10-11,13-15H2,1-3H3. The number of amides is 1. The molecule has 1 atom stereocenters. The number of oxazole rings is 1. The van der Waals surface area contributed by atoms with Crippen LogP contribution in [0.25, 0.3) is 11.5 Å². The third-order valence-corrected chi connectivity index (χ3v) is 6.16. The Hall–Kier alpha value is -2.34. The van der Waals surface area contributed by atoms with E-state index in [0.29, 0.717) is 17.7 Å². The first-order valence-electron chi connectivity index (χ1n) is 10.6. The Labute approximate surface area is 172 Å². The lowest BCUT2D eigenvalue weighted by Crippen LogP contribution is -2.41. The van der Waals surface area contributed by atoms with Crippen LogP contribution in [-0.4, -0.2) is 54.0 Å². The fraction of sp³-hybridized carbons (Fsp3) is 0.565. The fourth-order valence-electron chi connectivity index (χ4n) is 4.57. The molecule has 0 aliphatic carbocycles. The quantitative estimate of drug-likeness (QED) is 0.742. The van der Waals surface area contributed by atoms with Crippen LogP contribution < -0.4 is 4.74 Å². The molecule has 1 unspecified atom stereocenters. The van der Waals surface area contributed by atoms with Gasteiger partial charge in [0.2, 0.25) is 11.8 Å². The van der Waals surface area contributed by atoms with Crippen molar-refractivity contribution in [3.05, 3.63) is 35.2 Å². The lowest BCUT2D eigenvalue weighted by molar-refractivity contribution is -0.128. The summed E-state index contributed by atoms with van der Waals surface area (Å²) >= 11 is 0. The summed E-state index contributed by atoms with van der Waals surface area (Å²) in [4.78, 5) is 21.3. The predicted molar refractivity (Wildman–Crippen MR) is 112 cm³/mol. The van der Waals surface area contributed by atoms with Gasteiger partial charge in [0.1, 0.15) is 11.5 Å². The van der Waals surface area contributed by atoms with E-state index < -0.39 is 0 Å². The Balaban J connectivity index is 1.41. The molecular weight excluding hydrogens is 366 g/mol. The van der Waals surface area contributed by atoms with E-state index in [1.54, 1.807) is 7.11 Å². The summed E-state index contributed by atoms with van der Waals surface area (Å²) < 4.78 is 11.3. The van der Waals surface area contributed by atoms with Gasteiger partial charge in [-0.25, -0.2) is 4.98 Å². The molecule has 0 bridgehead atoms. The zero-order valence-electron chi connectivity index (χ0n) is 17.7. The summed E-state index contributed by atoms with van der Waals surface area (Å²) in [6.45, 7) is 8.76. The van der Waals surface area contributed by atoms with Gasteiger partial charge in [-0.2, -0.15) is 0 Å². The molecule has 0 radical (unpaired) electrons. The Morgan fingerprint density at radius 1 is 1.24 bits per heavy atom. The molecule has 6 heteroatoms. The highest BCUT2D eigenvalue weighted by molar-refractivity contribution is 5.78. The predicted octanol–water partition coefficient (Wildman–Crippen LogP) is 3.80. The molecule has 0 N–H and O–H groups in total. The second-order valence-corrected chi connectivity index (χ2v) is 8.39. The molecule has 1 amide bonds. The SMILES string of the molecule is COc1ccc(-c2nc(CN3CCCC(CN4CCCC4=O)C3)c(C)o2)cc1C. The third-order valence-electron chi connectivity index (χ3n) is 6.16. The lowest BCUT2D eigenvalue weighted by Gasteiger charge is -2.34. The number of methoxy groups -OCH3 is 1. The number of piperidine rings is 1. The third kappa shape index (κ3) is 4.47. The Morgan fingerprint density at radius 2 is 2.10 bits per heavy atom. The van der Waals surface area contributed by atoms with E-state index in [1.165, 1.54) is 12.8 Å². The summed E-state index contributed by atoms with van der Waals surface area (Å²) in [5.74, 6) is 3.30. The van der Waals surface area contributed by atoms with Crippen LogP contribution >= 0.6 is 0 Å². The van der Waals surface area contributed by atoms with Gasteiger partial charge in [0.15, 0.2) is 0 Å². The van der Waals surface area contributed by atoms with Gasteiger partial charge >= 0.3 is 0 Å². The molecule has 3 heterocycles. The maximum Gasteiger partial charge on any atom is 0.226 e. The van der Waals surface area contributed by atoms with Crippen LogP contribution in [0.15, 0.2) is 22.6 Å². The first-order chi connectivity index (χ1) is 14.0. The highest BCUT2D eigenvalue weighted by Crippen LogP contribution is 2.28. The molecule has 0 spiro atoms. The summed E-state index contributed by atoms with van der Waals surface area (Å²) in [5, 5.41) is 0. The molecule has 1 aromatic heterocycles. The van der Waals surface area contributed by atoms with E-state index >= 15 is 0 Å². The number of rotatable bonds is 6. The molecule has 2 fully saturated rings. The van der Waals surface area contributed by atoms with Crippen LogP contribution in [0.3, 0.4) is 0 Å². The van der Waals surface area contributed by atoms with Crippen molar-refractivity contribution in [2.75, 3.05) is 33.3 Å². The molecule has 156 valence electrons. The number of hydrogen-bond acceptors (Lipinski definition) is 5. The molecule has 1 aromatic carbocycles. The van der Waals surface area contributed by atoms with E-state index in [4.69, 9.17) is 14.1 Å². The van der Waals surface area contributed by atoms with Crippen LogP contribution in [-0.2, 0) is 11.3 Å². The van der Waals surface area contributed by atoms with Gasteiger partial charge < -0.3 is 14.1 Å². The number of nitrogens with zero attached hydrogens (tertiary/aromatic N) is 3. The number of likely N-dealkylation sites (tertiary alicyclic amines) is 2. The number of ether oxygens (including phenoxy) is 1. The van der Waals surface area contributed by atoms with Crippen LogP contribution in [0.2, 0.25) is 0 Å². The highest BCUT2D eigenvalue weighted by atomic mass is 16.5. The van der Waals surface area contributed by atoms with E-state index in [9.17, 15) is 4.79 Å². The topological polar surface area (TPSA) is 58.8 Å². The minimum atomic E-state index is 0.328. The molecule has 2 aliphatic heterocycles. The van der Waals surface area contributed by atoms with Gasteiger partial charge in [0.05, 0.1) is 12.8 Å². The summed E-state index contributed by atoms with van der Waals surface area (Å²) in [5.41, 5.74) is 3.05. The zero-order chi connectivity index (χ0) is 20.4. The van der Waals surface area contributed by atoms with E-state index in [2.05, 4.69) is 15.9 Å². The summed E-state index contributed by atoms with van der Waals surface area (Å²) in [7, 11) is 1.68. The second kappa shape index (κ2) is 8.57. The van der Waals surface area contributed by atoms with Gasteiger partial charge in [0.25, 0.3) is 0 Å². The number of benzene rings is 1. The van der Waals surface area contributed by atoms with Crippen molar-refractivity contribution < 1.29 is 13.9 Å². The zero-order valence-corrected chi connectivity index (χ0v) is 17.7. The number of carbonyl (C=O) groups is 1. The maximum absolute atomic E-state index is 11.9. The Kier molecular flexibility index (Phi) is 5.90. The van der Waals surface area contributed by atoms with Crippen molar-refractivity contribution >= 4 is 5.91 Å². The smallest absolute Gasteiger partial charge is 0.226 e. The van der Waals surface area contributed by atoms with Gasteiger partial charge in [0, 0.05) is 38.2 Å². The number of aromatic nitrogens is 1. The Bertz CT molecular complexity index is 876. The Morgan fingerprint density at radius 3 is 2.83 bits per heavy atom. The van der Waals surface area contributed by atoms with Gasteiger partial charge in [-0.1, -0.05) is 0 Å². The van der Waals surface area contributed by atoms with Crippen molar-refractivity contribution in [3.63, 3.8) is 0 Å².